The largest absolute Gasteiger partial charge is 0.463 e. The molecule has 10 heteroatoms. The lowest BCUT2D eigenvalue weighted by atomic mass is 10.1. The Morgan fingerprint density at radius 3 is 2.38 bits per heavy atom. The lowest BCUT2D eigenvalue weighted by Gasteiger charge is -2.19. The van der Waals surface area contributed by atoms with Gasteiger partial charge in [0.25, 0.3) is 0 Å². The standard InChI is InChI=1S/C35H37FN2O7/c1-35(2,3)45-34(42)37-19-9-5-8-12-31(39)38-29(20-23-10-6-4-7-11-23)33(41)44-26-17-18-27-30(21-26)43-22-28(32(27)40)24-13-15-25(36)16-14-24/h4,6-7,10-11,13-18,21-22,29H,5,8-9,12,19-20H2,1-3H3,(H,37,42)(H,38,39). The number of carbonyl (C=O) groups excluding carboxylic acids is 3. The molecule has 1 unspecified atom stereocenters. The second-order valence-electron chi connectivity index (χ2n) is 11.6. The summed E-state index contributed by atoms with van der Waals surface area (Å²) in [5.41, 5.74) is 0.957. The van der Waals surface area contributed by atoms with E-state index in [4.69, 9.17) is 13.9 Å². The molecule has 9 nitrogen and oxygen atoms in total. The van der Waals surface area contributed by atoms with Crippen LogP contribution in [0, 0.1) is 5.82 Å². The van der Waals surface area contributed by atoms with Crippen molar-refractivity contribution in [1.82, 2.24) is 10.6 Å². The first kappa shape index (κ1) is 32.9. The van der Waals surface area contributed by atoms with E-state index in [2.05, 4.69) is 10.6 Å². The third kappa shape index (κ3) is 10.0. The zero-order valence-corrected chi connectivity index (χ0v) is 25.6. The summed E-state index contributed by atoms with van der Waals surface area (Å²) in [6, 6.07) is 18.2. The second-order valence-corrected chi connectivity index (χ2v) is 11.6. The number of ether oxygens (including phenoxy) is 2. The molecule has 4 aromatic rings. The van der Waals surface area contributed by atoms with Crippen LogP contribution in [0.1, 0.15) is 52.0 Å². The molecule has 1 heterocycles. The Hall–Kier alpha value is -4.99. The minimum atomic E-state index is -0.961. The highest BCUT2D eigenvalue weighted by molar-refractivity contribution is 5.87. The molecule has 1 atom stereocenters. The third-order valence-electron chi connectivity index (χ3n) is 6.77. The van der Waals surface area contributed by atoms with Crippen LogP contribution < -0.4 is 20.8 Å². The van der Waals surface area contributed by atoms with Crippen molar-refractivity contribution in [3.63, 3.8) is 0 Å². The van der Waals surface area contributed by atoms with Gasteiger partial charge >= 0.3 is 12.1 Å². The van der Waals surface area contributed by atoms with Crippen LogP contribution in [0.5, 0.6) is 5.75 Å². The lowest BCUT2D eigenvalue weighted by Crippen LogP contribution is -2.44. The molecule has 0 spiro atoms. The van der Waals surface area contributed by atoms with Crippen LogP contribution in [-0.4, -0.2) is 36.2 Å². The Balaban J connectivity index is 1.37. The molecule has 0 aliphatic carbocycles. The van der Waals surface area contributed by atoms with Crippen LogP contribution in [0.4, 0.5) is 9.18 Å². The maximum absolute atomic E-state index is 13.3. The van der Waals surface area contributed by atoms with Gasteiger partial charge in [-0.3, -0.25) is 9.59 Å². The second kappa shape index (κ2) is 15.1. The Kier molecular flexibility index (Phi) is 11.1. The van der Waals surface area contributed by atoms with Crippen LogP contribution >= 0.6 is 0 Å². The summed E-state index contributed by atoms with van der Waals surface area (Å²) < 4.78 is 29.8. The summed E-state index contributed by atoms with van der Waals surface area (Å²) in [5.74, 6) is -1.24. The fourth-order valence-corrected chi connectivity index (χ4v) is 4.59. The highest BCUT2D eigenvalue weighted by Crippen LogP contribution is 2.24. The molecular formula is C35H37FN2O7. The van der Waals surface area contributed by atoms with Gasteiger partial charge in [-0.05, 0) is 69.0 Å². The highest BCUT2D eigenvalue weighted by Gasteiger charge is 2.24. The van der Waals surface area contributed by atoms with E-state index in [-0.39, 0.29) is 46.5 Å². The van der Waals surface area contributed by atoms with Gasteiger partial charge in [-0.25, -0.2) is 14.0 Å². The Bertz CT molecular complexity index is 1680. The summed E-state index contributed by atoms with van der Waals surface area (Å²) in [5, 5.41) is 5.76. The molecule has 1 aromatic heterocycles. The quantitative estimate of drug-likeness (QED) is 0.109. The van der Waals surface area contributed by atoms with E-state index in [1.54, 1.807) is 20.8 Å². The molecule has 236 valence electrons. The molecule has 0 radical (unpaired) electrons. The fraction of sp³-hybridized carbons (Fsp3) is 0.314. The molecule has 2 amide bonds. The molecule has 3 aromatic carbocycles. The molecule has 0 saturated heterocycles. The molecule has 45 heavy (non-hydrogen) atoms. The van der Waals surface area contributed by atoms with Gasteiger partial charge in [0.15, 0.2) is 5.43 Å². The maximum Gasteiger partial charge on any atom is 0.407 e. The number of hydrogen-bond donors (Lipinski definition) is 2. The van der Waals surface area contributed by atoms with Crippen molar-refractivity contribution in [2.45, 2.75) is 64.5 Å². The van der Waals surface area contributed by atoms with Gasteiger partial charge in [-0.1, -0.05) is 48.9 Å². The lowest BCUT2D eigenvalue weighted by molar-refractivity contribution is -0.139. The van der Waals surface area contributed by atoms with Gasteiger partial charge in [0.2, 0.25) is 5.91 Å². The summed E-state index contributed by atoms with van der Waals surface area (Å²) in [6.07, 6.45) is 3.16. The van der Waals surface area contributed by atoms with Gasteiger partial charge in [-0.2, -0.15) is 0 Å². The predicted octanol–water partition coefficient (Wildman–Crippen LogP) is 6.32. The van der Waals surface area contributed by atoms with Crippen molar-refractivity contribution in [2.24, 2.45) is 0 Å². The van der Waals surface area contributed by atoms with Crippen LogP contribution in [0.15, 0.2) is 88.3 Å². The Morgan fingerprint density at radius 2 is 1.67 bits per heavy atom. The van der Waals surface area contributed by atoms with E-state index >= 15 is 0 Å². The van der Waals surface area contributed by atoms with Crippen LogP contribution in [-0.2, 0) is 20.7 Å². The monoisotopic (exact) mass is 616 g/mol. The number of carbonyl (C=O) groups is 3. The van der Waals surface area contributed by atoms with Crippen LogP contribution in [0.2, 0.25) is 0 Å². The SMILES string of the molecule is CC(C)(C)OC(=O)NCCCCCC(=O)NC(Cc1ccccc1)C(=O)Oc1ccc2c(=O)c(-c3ccc(F)cc3)coc2c1. The van der Waals surface area contributed by atoms with Crippen molar-refractivity contribution in [3.8, 4) is 16.9 Å². The summed E-state index contributed by atoms with van der Waals surface area (Å²) >= 11 is 0. The number of amides is 2. The average molecular weight is 617 g/mol. The molecule has 2 N–H and O–H groups in total. The average Bonchev–Trinajstić information content (AvgIpc) is 2.99. The fourth-order valence-electron chi connectivity index (χ4n) is 4.59. The highest BCUT2D eigenvalue weighted by atomic mass is 19.1. The van der Waals surface area contributed by atoms with Crippen LogP contribution in [0.25, 0.3) is 22.1 Å². The van der Waals surface area contributed by atoms with E-state index < -0.39 is 29.5 Å². The van der Waals surface area contributed by atoms with E-state index in [1.807, 2.05) is 30.3 Å². The number of unbranched alkanes of at least 4 members (excludes halogenated alkanes) is 2. The maximum atomic E-state index is 13.3. The van der Waals surface area contributed by atoms with Crippen molar-refractivity contribution in [1.29, 1.82) is 0 Å². The van der Waals surface area contributed by atoms with E-state index in [9.17, 15) is 23.6 Å². The number of alkyl carbamates (subject to hydrolysis) is 1. The first-order chi connectivity index (χ1) is 21.5. The van der Waals surface area contributed by atoms with Gasteiger partial charge in [-0.15, -0.1) is 0 Å². The summed E-state index contributed by atoms with van der Waals surface area (Å²) in [7, 11) is 0. The Labute approximate surface area is 260 Å². The van der Waals surface area contributed by atoms with Gasteiger partial charge in [0.05, 0.1) is 10.9 Å². The van der Waals surface area contributed by atoms with Crippen molar-refractivity contribution in [2.75, 3.05) is 6.54 Å². The van der Waals surface area contributed by atoms with Crippen molar-refractivity contribution >= 4 is 28.9 Å². The van der Waals surface area contributed by atoms with Gasteiger partial charge < -0.3 is 24.5 Å². The normalized spacial score (nSPS) is 11.9. The number of rotatable bonds is 12. The minimum Gasteiger partial charge on any atom is -0.463 e. The first-order valence-electron chi connectivity index (χ1n) is 14.8. The van der Waals surface area contributed by atoms with Crippen LogP contribution in [0.3, 0.4) is 0 Å². The molecule has 4 rings (SSSR count). The molecule has 0 aliphatic rings. The van der Waals surface area contributed by atoms with E-state index in [0.717, 1.165) is 5.56 Å². The first-order valence-corrected chi connectivity index (χ1v) is 14.8. The number of halogens is 1. The van der Waals surface area contributed by atoms with E-state index in [0.29, 0.717) is 31.4 Å². The summed E-state index contributed by atoms with van der Waals surface area (Å²) in [6.45, 7) is 5.80. The van der Waals surface area contributed by atoms with E-state index in [1.165, 1.54) is 48.7 Å². The molecule has 0 saturated carbocycles. The molecule has 0 bridgehead atoms. The zero-order valence-electron chi connectivity index (χ0n) is 25.6. The third-order valence-corrected chi connectivity index (χ3v) is 6.77. The number of esters is 1. The summed E-state index contributed by atoms with van der Waals surface area (Å²) in [4.78, 5) is 50.9. The minimum absolute atomic E-state index is 0.148. The number of nitrogens with one attached hydrogen (secondary N) is 2. The molecule has 0 aliphatic heterocycles. The number of hydrogen-bond acceptors (Lipinski definition) is 7. The van der Waals surface area contributed by atoms with Gasteiger partial charge in [0, 0.05) is 25.5 Å². The molecule has 0 fully saturated rings. The topological polar surface area (TPSA) is 124 Å². The number of benzene rings is 3. The smallest absolute Gasteiger partial charge is 0.407 e. The van der Waals surface area contributed by atoms with Crippen molar-refractivity contribution in [3.05, 3.63) is 101 Å². The van der Waals surface area contributed by atoms with Gasteiger partial charge in [0.1, 0.15) is 35.1 Å². The Morgan fingerprint density at radius 1 is 0.933 bits per heavy atom. The number of fused-ring (bicyclic) bond motifs is 1. The molecular weight excluding hydrogens is 579 g/mol. The zero-order chi connectivity index (χ0) is 32.4. The van der Waals surface area contributed by atoms with Crippen molar-refractivity contribution < 1.29 is 32.7 Å². The predicted molar refractivity (Wildman–Crippen MR) is 168 cm³/mol.